The first-order valence-electron chi connectivity index (χ1n) is 8.60. The molecular weight excluding hydrogens is 286 g/mol. The molecule has 1 N–H and O–H groups in total. The summed E-state index contributed by atoms with van der Waals surface area (Å²) in [6.45, 7) is 10.1. The van der Waals surface area contributed by atoms with Gasteiger partial charge in [-0.15, -0.1) is 0 Å². The zero-order chi connectivity index (χ0) is 16.7. The van der Waals surface area contributed by atoms with Gasteiger partial charge in [-0.05, 0) is 69.7 Å². The highest BCUT2D eigenvalue weighted by atomic mass is 16.5. The number of nitrogens with one attached hydrogen (secondary N) is 1. The van der Waals surface area contributed by atoms with Crippen molar-refractivity contribution in [3.63, 3.8) is 0 Å². The van der Waals surface area contributed by atoms with Crippen molar-refractivity contribution in [2.75, 3.05) is 32.1 Å². The van der Waals surface area contributed by atoms with Gasteiger partial charge in [-0.25, -0.2) is 4.98 Å². The van der Waals surface area contributed by atoms with E-state index in [1.54, 1.807) is 7.11 Å². The van der Waals surface area contributed by atoms with E-state index in [4.69, 9.17) is 4.74 Å². The van der Waals surface area contributed by atoms with E-state index in [-0.39, 0.29) is 0 Å². The van der Waals surface area contributed by atoms with Crippen LogP contribution in [0.2, 0.25) is 0 Å². The summed E-state index contributed by atoms with van der Waals surface area (Å²) in [6, 6.07) is 10.5. The maximum absolute atomic E-state index is 5.25. The van der Waals surface area contributed by atoms with Gasteiger partial charge < -0.3 is 15.0 Å². The smallest absolute Gasteiger partial charge is 0.126 e. The molecule has 4 nitrogen and oxygen atoms in total. The molecule has 2 aromatic rings. The Bertz CT molecular complexity index is 611. The minimum absolute atomic E-state index is 0.425. The lowest BCUT2D eigenvalue weighted by atomic mass is 10.1. The molecule has 0 aliphatic heterocycles. The predicted molar refractivity (Wildman–Crippen MR) is 98.4 cm³/mol. The molecule has 1 aromatic heterocycles. The number of fused-ring (bicyclic) bond motifs is 1. The van der Waals surface area contributed by atoms with E-state index in [9.17, 15) is 0 Å². The van der Waals surface area contributed by atoms with Crippen molar-refractivity contribution in [3.05, 3.63) is 30.3 Å². The number of hydrogen-bond acceptors (Lipinski definition) is 4. The van der Waals surface area contributed by atoms with Gasteiger partial charge in [-0.2, -0.15) is 0 Å². The molecule has 0 aliphatic carbocycles. The van der Waals surface area contributed by atoms with Crippen LogP contribution < -0.4 is 10.1 Å². The summed E-state index contributed by atoms with van der Waals surface area (Å²) in [5.74, 6) is 1.81. The summed E-state index contributed by atoms with van der Waals surface area (Å²) in [4.78, 5) is 7.16. The normalized spacial score (nSPS) is 12.6. The number of nitrogens with zero attached hydrogens (tertiary/aromatic N) is 2. The van der Waals surface area contributed by atoms with Crippen molar-refractivity contribution >= 4 is 16.7 Å². The molecule has 23 heavy (non-hydrogen) atoms. The van der Waals surface area contributed by atoms with Gasteiger partial charge in [0.25, 0.3) is 0 Å². The SMILES string of the molecule is CCN(CC)CCCC(C)Nc1ccc2cc(OC)ccc2n1. The summed E-state index contributed by atoms with van der Waals surface area (Å²) in [5.41, 5.74) is 0.992. The highest BCUT2D eigenvalue weighted by Crippen LogP contribution is 2.21. The van der Waals surface area contributed by atoms with Gasteiger partial charge in [-0.1, -0.05) is 13.8 Å². The fourth-order valence-corrected chi connectivity index (χ4v) is 2.80. The fourth-order valence-electron chi connectivity index (χ4n) is 2.80. The van der Waals surface area contributed by atoms with Crippen molar-refractivity contribution in [2.24, 2.45) is 0 Å². The molecule has 4 heteroatoms. The molecule has 1 aromatic carbocycles. The fraction of sp³-hybridized carbons (Fsp3) is 0.526. The first-order valence-corrected chi connectivity index (χ1v) is 8.60. The minimum Gasteiger partial charge on any atom is -0.497 e. The van der Waals surface area contributed by atoms with Gasteiger partial charge in [0.15, 0.2) is 0 Å². The van der Waals surface area contributed by atoms with Crippen LogP contribution in [0, 0.1) is 0 Å². The third-order valence-corrected chi connectivity index (χ3v) is 4.30. The van der Waals surface area contributed by atoms with Crippen LogP contribution in [-0.2, 0) is 0 Å². The van der Waals surface area contributed by atoms with Crippen molar-refractivity contribution in [1.29, 1.82) is 0 Å². The number of hydrogen-bond donors (Lipinski definition) is 1. The Morgan fingerprint density at radius 3 is 2.65 bits per heavy atom. The molecule has 0 bridgehead atoms. The van der Waals surface area contributed by atoms with Gasteiger partial charge in [0.05, 0.1) is 12.6 Å². The standard InChI is InChI=1S/C19H29N3O/c1-5-22(6-2)13-7-8-15(3)20-19-12-9-16-14-17(23-4)10-11-18(16)21-19/h9-12,14-15H,5-8,13H2,1-4H3,(H,20,21). The molecule has 0 spiro atoms. The summed E-state index contributed by atoms with van der Waals surface area (Å²) in [5, 5.41) is 4.61. The monoisotopic (exact) mass is 315 g/mol. The molecule has 1 heterocycles. The van der Waals surface area contributed by atoms with Crippen LogP contribution in [0.3, 0.4) is 0 Å². The van der Waals surface area contributed by atoms with Gasteiger partial charge in [0.2, 0.25) is 0 Å². The maximum Gasteiger partial charge on any atom is 0.126 e. The number of aromatic nitrogens is 1. The predicted octanol–water partition coefficient (Wildman–Crippen LogP) is 4.17. The topological polar surface area (TPSA) is 37.4 Å². The Morgan fingerprint density at radius 1 is 1.17 bits per heavy atom. The first kappa shape index (κ1) is 17.5. The van der Waals surface area contributed by atoms with Crippen LogP contribution in [0.4, 0.5) is 5.82 Å². The summed E-state index contributed by atoms with van der Waals surface area (Å²) >= 11 is 0. The second kappa shape index (κ2) is 8.73. The number of ether oxygens (including phenoxy) is 1. The maximum atomic E-state index is 5.25. The average molecular weight is 315 g/mol. The lowest BCUT2D eigenvalue weighted by Gasteiger charge is -2.20. The third-order valence-electron chi connectivity index (χ3n) is 4.30. The van der Waals surface area contributed by atoms with Crippen LogP contribution in [0.25, 0.3) is 10.9 Å². The molecule has 126 valence electrons. The van der Waals surface area contributed by atoms with E-state index in [1.807, 2.05) is 24.3 Å². The van der Waals surface area contributed by atoms with Crippen molar-refractivity contribution < 1.29 is 4.74 Å². The summed E-state index contributed by atoms with van der Waals surface area (Å²) in [6.07, 6.45) is 2.36. The van der Waals surface area contributed by atoms with Crippen molar-refractivity contribution in [3.8, 4) is 5.75 Å². The molecule has 0 radical (unpaired) electrons. The Hall–Kier alpha value is -1.81. The zero-order valence-corrected chi connectivity index (χ0v) is 14.8. The molecule has 0 fully saturated rings. The van der Waals surface area contributed by atoms with Crippen LogP contribution in [0.15, 0.2) is 30.3 Å². The molecule has 0 saturated heterocycles. The van der Waals surface area contributed by atoms with E-state index < -0.39 is 0 Å². The van der Waals surface area contributed by atoms with Crippen molar-refractivity contribution in [2.45, 2.75) is 39.7 Å². The third kappa shape index (κ3) is 5.10. The van der Waals surface area contributed by atoms with E-state index >= 15 is 0 Å². The second-order valence-corrected chi connectivity index (χ2v) is 5.97. The second-order valence-electron chi connectivity index (χ2n) is 5.97. The number of rotatable bonds is 9. The lowest BCUT2D eigenvalue weighted by Crippen LogP contribution is -2.25. The quantitative estimate of drug-likeness (QED) is 0.754. The Labute approximate surface area is 139 Å². The van der Waals surface area contributed by atoms with Gasteiger partial charge in [0, 0.05) is 11.4 Å². The van der Waals surface area contributed by atoms with Crippen LogP contribution >= 0.6 is 0 Å². The van der Waals surface area contributed by atoms with Gasteiger partial charge in [-0.3, -0.25) is 0 Å². The molecule has 1 atom stereocenters. The van der Waals surface area contributed by atoms with E-state index in [2.05, 4.69) is 42.0 Å². The molecule has 0 saturated carbocycles. The summed E-state index contributed by atoms with van der Waals surface area (Å²) in [7, 11) is 1.68. The largest absolute Gasteiger partial charge is 0.497 e. The average Bonchev–Trinajstić information content (AvgIpc) is 2.58. The van der Waals surface area contributed by atoms with Crippen molar-refractivity contribution in [1.82, 2.24) is 9.88 Å². The lowest BCUT2D eigenvalue weighted by molar-refractivity contribution is 0.295. The number of anilines is 1. The van der Waals surface area contributed by atoms with Gasteiger partial charge in [0.1, 0.15) is 11.6 Å². The molecular formula is C19H29N3O. The Kier molecular flexibility index (Phi) is 6.66. The van der Waals surface area contributed by atoms with Gasteiger partial charge >= 0.3 is 0 Å². The van der Waals surface area contributed by atoms with Crippen LogP contribution in [0.5, 0.6) is 5.75 Å². The first-order chi connectivity index (χ1) is 11.2. The van der Waals surface area contributed by atoms with E-state index in [1.165, 1.54) is 13.0 Å². The number of methoxy groups -OCH3 is 1. The number of pyridine rings is 1. The summed E-state index contributed by atoms with van der Waals surface area (Å²) < 4.78 is 5.25. The molecule has 1 unspecified atom stereocenters. The Morgan fingerprint density at radius 2 is 1.96 bits per heavy atom. The molecule has 2 rings (SSSR count). The highest BCUT2D eigenvalue weighted by molar-refractivity contribution is 5.81. The van der Waals surface area contributed by atoms with Crippen LogP contribution in [-0.4, -0.2) is 42.7 Å². The van der Waals surface area contributed by atoms with Crippen LogP contribution in [0.1, 0.15) is 33.6 Å². The Balaban J connectivity index is 1.90. The van der Waals surface area contributed by atoms with E-state index in [0.29, 0.717) is 6.04 Å². The highest BCUT2D eigenvalue weighted by Gasteiger charge is 2.06. The number of benzene rings is 1. The minimum atomic E-state index is 0.425. The van der Waals surface area contributed by atoms with E-state index in [0.717, 1.165) is 42.0 Å². The zero-order valence-electron chi connectivity index (χ0n) is 14.8. The molecule has 0 amide bonds. The molecule has 0 aliphatic rings.